The second kappa shape index (κ2) is 7.72. The van der Waals surface area contributed by atoms with Gasteiger partial charge >= 0.3 is 6.09 Å². The van der Waals surface area contributed by atoms with Crippen LogP contribution in [0, 0.1) is 5.82 Å². The Labute approximate surface area is 119 Å². The van der Waals surface area contributed by atoms with Crippen molar-refractivity contribution in [3.63, 3.8) is 0 Å². The zero-order valence-corrected chi connectivity index (χ0v) is 12.3. The molecule has 4 nitrogen and oxygen atoms in total. The molecule has 1 rings (SSSR count). The molecule has 5 heteroatoms. The molecule has 0 aliphatic heterocycles. The molecule has 1 aromatic carbocycles. The topological polar surface area (TPSA) is 50.4 Å². The molecule has 1 aromatic rings. The summed E-state index contributed by atoms with van der Waals surface area (Å²) >= 11 is 0. The van der Waals surface area contributed by atoms with Gasteiger partial charge in [-0.3, -0.25) is 0 Å². The molecule has 20 heavy (non-hydrogen) atoms. The highest BCUT2D eigenvalue weighted by Crippen LogP contribution is 2.08. The van der Waals surface area contributed by atoms with Crippen LogP contribution in [0.25, 0.3) is 0 Å². The molecular formula is C15H23FN2O2. The van der Waals surface area contributed by atoms with Crippen LogP contribution in [0.3, 0.4) is 0 Å². The molecule has 0 spiro atoms. The minimum absolute atomic E-state index is 0.239. The van der Waals surface area contributed by atoms with Crippen molar-refractivity contribution in [3.05, 3.63) is 30.1 Å². The Morgan fingerprint density at radius 3 is 2.35 bits per heavy atom. The fourth-order valence-electron chi connectivity index (χ4n) is 1.56. The van der Waals surface area contributed by atoms with Gasteiger partial charge in [-0.05, 0) is 57.9 Å². The largest absolute Gasteiger partial charge is 0.444 e. The third-order valence-corrected chi connectivity index (χ3v) is 2.45. The first-order chi connectivity index (χ1) is 9.37. The number of carbonyl (C=O) groups is 1. The lowest BCUT2D eigenvalue weighted by Crippen LogP contribution is -2.33. The van der Waals surface area contributed by atoms with Crippen molar-refractivity contribution in [2.75, 3.05) is 18.4 Å². The van der Waals surface area contributed by atoms with Crippen molar-refractivity contribution in [1.82, 2.24) is 5.32 Å². The summed E-state index contributed by atoms with van der Waals surface area (Å²) in [5.41, 5.74) is 0.431. The van der Waals surface area contributed by atoms with Crippen molar-refractivity contribution in [2.24, 2.45) is 0 Å². The number of benzene rings is 1. The second-order valence-corrected chi connectivity index (χ2v) is 5.57. The fraction of sp³-hybridized carbons (Fsp3) is 0.533. The zero-order chi connectivity index (χ0) is 15.0. The van der Waals surface area contributed by atoms with E-state index in [1.54, 1.807) is 12.1 Å². The molecule has 0 atom stereocenters. The molecule has 0 heterocycles. The first-order valence-corrected chi connectivity index (χ1v) is 6.83. The van der Waals surface area contributed by atoms with Crippen molar-refractivity contribution in [1.29, 1.82) is 0 Å². The maximum Gasteiger partial charge on any atom is 0.407 e. The highest BCUT2D eigenvalue weighted by molar-refractivity contribution is 5.67. The fourth-order valence-corrected chi connectivity index (χ4v) is 1.56. The van der Waals surface area contributed by atoms with E-state index in [1.165, 1.54) is 12.1 Å². The molecule has 0 aliphatic rings. The van der Waals surface area contributed by atoms with Crippen LogP contribution in [0.5, 0.6) is 0 Å². The predicted molar refractivity (Wildman–Crippen MR) is 78.4 cm³/mol. The van der Waals surface area contributed by atoms with Gasteiger partial charge in [0.05, 0.1) is 0 Å². The molecular weight excluding hydrogens is 259 g/mol. The molecule has 2 N–H and O–H groups in total. The van der Waals surface area contributed by atoms with Gasteiger partial charge in [-0.2, -0.15) is 0 Å². The first-order valence-electron chi connectivity index (χ1n) is 6.83. The van der Waals surface area contributed by atoms with Crippen molar-refractivity contribution in [2.45, 2.75) is 39.2 Å². The molecule has 0 bridgehead atoms. The number of hydrogen-bond acceptors (Lipinski definition) is 3. The smallest absolute Gasteiger partial charge is 0.407 e. The quantitative estimate of drug-likeness (QED) is 0.785. The molecule has 0 radical (unpaired) electrons. The summed E-state index contributed by atoms with van der Waals surface area (Å²) in [5, 5.41) is 5.89. The molecule has 112 valence electrons. The average molecular weight is 282 g/mol. The Balaban J connectivity index is 2.05. The molecule has 0 fully saturated rings. The monoisotopic (exact) mass is 282 g/mol. The van der Waals surface area contributed by atoms with Crippen molar-refractivity contribution < 1.29 is 13.9 Å². The number of halogens is 1. The number of nitrogens with one attached hydrogen (secondary N) is 2. The van der Waals surface area contributed by atoms with Gasteiger partial charge in [0.15, 0.2) is 0 Å². The van der Waals surface area contributed by atoms with Crippen LogP contribution in [0.4, 0.5) is 14.9 Å². The SMILES string of the molecule is CC(C)(C)OC(=O)NCCCCNc1ccc(F)cc1. The maximum absolute atomic E-state index is 12.7. The van der Waals surface area contributed by atoms with Gasteiger partial charge in [0.25, 0.3) is 0 Å². The minimum atomic E-state index is -0.464. The Bertz CT molecular complexity index is 413. The minimum Gasteiger partial charge on any atom is -0.444 e. The Kier molecular flexibility index (Phi) is 6.28. The highest BCUT2D eigenvalue weighted by Gasteiger charge is 2.15. The van der Waals surface area contributed by atoms with Gasteiger partial charge in [-0.15, -0.1) is 0 Å². The van der Waals surface area contributed by atoms with Crippen LogP contribution < -0.4 is 10.6 Å². The lowest BCUT2D eigenvalue weighted by molar-refractivity contribution is 0.0527. The van der Waals surface area contributed by atoms with E-state index in [0.717, 1.165) is 25.1 Å². The number of carbonyl (C=O) groups excluding carboxylic acids is 1. The zero-order valence-electron chi connectivity index (χ0n) is 12.3. The van der Waals surface area contributed by atoms with Crippen LogP contribution in [0.2, 0.25) is 0 Å². The number of hydrogen-bond donors (Lipinski definition) is 2. The first kappa shape index (κ1) is 16.3. The lowest BCUT2D eigenvalue weighted by atomic mass is 10.2. The van der Waals surface area contributed by atoms with E-state index in [-0.39, 0.29) is 11.9 Å². The van der Waals surface area contributed by atoms with Gasteiger partial charge in [0, 0.05) is 18.8 Å². The normalized spacial score (nSPS) is 11.0. The summed E-state index contributed by atoms with van der Waals surface area (Å²) in [6.07, 6.45) is 1.38. The predicted octanol–water partition coefficient (Wildman–Crippen LogP) is 3.54. The standard InChI is InChI=1S/C15H23FN2O2/c1-15(2,3)20-14(19)18-11-5-4-10-17-13-8-6-12(16)7-9-13/h6-9,17H,4-5,10-11H2,1-3H3,(H,18,19). The van der Waals surface area contributed by atoms with Crippen LogP contribution in [-0.4, -0.2) is 24.8 Å². The van der Waals surface area contributed by atoms with Gasteiger partial charge < -0.3 is 15.4 Å². The summed E-state index contributed by atoms with van der Waals surface area (Å²) in [4.78, 5) is 11.4. The maximum atomic E-state index is 12.7. The molecule has 0 saturated carbocycles. The number of unbranched alkanes of at least 4 members (excludes halogenated alkanes) is 1. The van der Waals surface area contributed by atoms with Gasteiger partial charge in [-0.25, -0.2) is 9.18 Å². The Morgan fingerprint density at radius 2 is 1.75 bits per heavy atom. The summed E-state index contributed by atoms with van der Waals surface area (Å²) in [5.74, 6) is -0.239. The van der Waals surface area contributed by atoms with E-state index < -0.39 is 5.60 Å². The van der Waals surface area contributed by atoms with Crippen LogP contribution in [0.1, 0.15) is 33.6 Å². The summed E-state index contributed by atoms with van der Waals surface area (Å²) in [6.45, 7) is 6.86. The van der Waals surface area contributed by atoms with Gasteiger partial charge in [0.1, 0.15) is 11.4 Å². The third kappa shape index (κ3) is 7.61. The number of anilines is 1. The lowest BCUT2D eigenvalue weighted by Gasteiger charge is -2.19. The number of alkyl carbamates (subject to hydrolysis) is 1. The summed E-state index contributed by atoms with van der Waals surface area (Å²) < 4.78 is 17.8. The van der Waals surface area contributed by atoms with Crippen molar-refractivity contribution >= 4 is 11.8 Å². The van der Waals surface area contributed by atoms with E-state index in [9.17, 15) is 9.18 Å². The summed E-state index contributed by atoms with van der Waals surface area (Å²) in [6, 6.07) is 6.25. The number of amides is 1. The van der Waals surface area contributed by atoms with Gasteiger partial charge in [-0.1, -0.05) is 0 Å². The Morgan fingerprint density at radius 1 is 1.15 bits per heavy atom. The Hall–Kier alpha value is -1.78. The van der Waals surface area contributed by atoms with E-state index in [2.05, 4.69) is 10.6 Å². The van der Waals surface area contributed by atoms with E-state index in [4.69, 9.17) is 4.74 Å². The molecule has 1 amide bonds. The average Bonchev–Trinajstić information content (AvgIpc) is 2.33. The number of ether oxygens (including phenoxy) is 1. The molecule has 0 unspecified atom stereocenters. The van der Waals surface area contributed by atoms with Crippen molar-refractivity contribution in [3.8, 4) is 0 Å². The number of rotatable bonds is 6. The summed E-state index contributed by atoms with van der Waals surface area (Å²) in [7, 11) is 0. The molecule has 0 aliphatic carbocycles. The second-order valence-electron chi connectivity index (χ2n) is 5.57. The molecule has 0 saturated heterocycles. The van der Waals surface area contributed by atoms with E-state index in [1.807, 2.05) is 20.8 Å². The van der Waals surface area contributed by atoms with E-state index in [0.29, 0.717) is 6.54 Å². The third-order valence-electron chi connectivity index (χ3n) is 2.45. The van der Waals surface area contributed by atoms with Crippen LogP contribution in [0.15, 0.2) is 24.3 Å². The van der Waals surface area contributed by atoms with Crippen LogP contribution >= 0.6 is 0 Å². The van der Waals surface area contributed by atoms with Gasteiger partial charge in [0.2, 0.25) is 0 Å². The van der Waals surface area contributed by atoms with Crippen LogP contribution in [-0.2, 0) is 4.74 Å². The highest BCUT2D eigenvalue weighted by atomic mass is 19.1. The molecule has 0 aromatic heterocycles. The van der Waals surface area contributed by atoms with E-state index >= 15 is 0 Å².